The van der Waals surface area contributed by atoms with Crippen LogP contribution in [0.5, 0.6) is 0 Å². The van der Waals surface area contributed by atoms with Crippen LogP contribution in [0.4, 0.5) is 5.69 Å². The molecule has 0 aliphatic rings. The topological polar surface area (TPSA) is 51.1 Å². The summed E-state index contributed by atoms with van der Waals surface area (Å²) in [7, 11) is 0. The van der Waals surface area contributed by atoms with Gasteiger partial charge in [0.05, 0.1) is 20.8 Å². The van der Waals surface area contributed by atoms with Crippen molar-refractivity contribution in [1.29, 1.82) is 0 Å². The van der Waals surface area contributed by atoms with Crippen molar-refractivity contribution in [2.45, 2.75) is 19.4 Å². The SMILES string of the molecule is O=C(CCCn1sc2ccccc2c1=O)Nc1ccccc1Cl. The minimum Gasteiger partial charge on any atom is -0.325 e. The zero-order valence-electron chi connectivity index (χ0n) is 12.3. The highest BCUT2D eigenvalue weighted by Crippen LogP contribution is 2.21. The Balaban J connectivity index is 1.58. The summed E-state index contributed by atoms with van der Waals surface area (Å²) in [6.45, 7) is 0.536. The number of hydrogen-bond donors (Lipinski definition) is 1. The minimum atomic E-state index is -0.104. The molecule has 4 nitrogen and oxygen atoms in total. The highest BCUT2D eigenvalue weighted by atomic mass is 35.5. The summed E-state index contributed by atoms with van der Waals surface area (Å²) in [5, 5.41) is 4.03. The molecule has 3 aromatic rings. The first kappa shape index (κ1) is 15.8. The van der Waals surface area contributed by atoms with Crippen molar-refractivity contribution in [2.24, 2.45) is 0 Å². The summed E-state index contributed by atoms with van der Waals surface area (Å²) in [6, 6.07) is 14.7. The predicted octanol–water partition coefficient (Wildman–Crippen LogP) is 4.14. The number of carbonyl (C=O) groups excluding carboxylic acids is 1. The van der Waals surface area contributed by atoms with E-state index in [0.29, 0.717) is 30.1 Å². The van der Waals surface area contributed by atoms with Crippen LogP contribution >= 0.6 is 23.1 Å². The third-order valence-electron chi connectivity index (χ3n) is 3.47. The van der Waals surface area contributed by atoms with Crippen LogP contribution in [-0.4, -0.2) is 9.86 Å². The molecule has 118 valence electrons. The van der Waals surface area contributed by atoms with Gasteiger partial charge in [0.25, 0.3) is 5.56 Å². The number of benzene rings is 2. The van der Waals surface area contributed by atoms with Crippen LogP contribution in [0.3, 0.4) is 0 Å². The first-order chi connectivity index (χ1) is 11.1. The Kier molecular flexibility index (Phi) is 4.79. The zero-order chi connectivity index (χ0) is 16.2. The van der Waals surface area contributed by atoms with Crippen molar-refractivity contribution >= 4 is 44.8 Å². The maximum absolute atomic E-state index is 12.2. The zero-order valence-corrected chi connectivity index (χ0v) is 13.9. The summed E-state index contributed by atoms with van der Waals surface area (Å²) < 4.78 is 2.67. The Morgan fingerprint density at radius 1 is 1.13 bits per heavy atom. The summed E-state index contributed by atoms with van der Waals surface area (Å²) in [6.07, 6.45) is 0.939. The van der Waals surface area contributed by atoms with Gasteiger partial charge in [-0.2, -0.15) is 0 Å². The first-order valence-corrected chi connectivity index (χ1v) is 8.43. The number of aryl methyl sites for hydroxylation is 1. The third-order valence-corrected chi connectivity index (χ3v) is 4.92. The molecule has 0 saturated carbocycles. The van der Waals surface area contributed by atoms with E-state index in [9.17, 15) is 9.59 Å². The number of para-hydroxylation sites is 1. The molecular weight excluding hydrogens is 332 g/mol. The second kappa shape index (κ2) is 6.98. The smallest absolute Gasteiger partial charge is 0.268 e. The van der Waals surface area contributed by atoms with Crippen molar-refractivity contribution in [3.8, 4) is 0 Å². The van der Waals surface area contributed by atoms with E-state index >= 15 is 0 Å². The lowest BCUT2D eigenvalue weighted by molar-refractivity contribution is -0.116. The van der Waals surface area contributed by atoms with Gasteiger partial charge in [-0.15, -0.1) is 0 Å². The van der Waals surface area contributed by atoms with Gasteiger partial charge >= 0.3 is 0 Å². The molecule has 0 aliphatic carbocycles. The van der Waals surface area contributed by atoms with E-state index < -0.39 is 0 Å². The normalized spacial score (nSPS) is 10.8. The molecule has 0 radical (unpaired) electrons. The molecule has 1 aromatic heterocycles. The number of amides is 1. The number of aromatic nitrogens is 1. The van der Waals surface area contributed by atoms with Crippen LogP contribution in [0.15, 0.2) is 53.3 Å². The Morgan fingerprint density at radius 3 is 2.65 bits per heavy atom. The van der Waals surface area contributed by atoms with Gasteiger partial charge in [-0.05, 0) is 30.7 Å². The Hall–Kier alpha value is -2.11. The van der Waals surface area contributed by atoms with Crippen molar-refractivity contribution < 1.29 is 4.79 Å². The average Bonchev–Trinajstić information content (AvgIpc) is 2.86. The highest BCUT2D eigenvalue weighted by Gasteiger charge is 2.08. The monoisotopic (exact) mass is 346 g/mol. The number of nitrogens with one attached hydrogen (secondary N) is 1. The lowest BCUT2D eigenvalue weighted by Crippen LogP contribution is -2.16. The van der Waals surface area contributed by atoms with Crippen LogP contribution in [0.25, 0.3) is 10.1 Å². The number of hydrogen-bond acceptors (Lipinski definition) is 3. The molecule has 0 spiro atoms. The number of carbonyl (C=O) groups is 1. The molecule has 0 fully saturated rings. The maximum atomic E-state index is 12.2. The summed E-state index contributed by atoms with van der Waals surface area (Å²) in [5.41, 5.74) is 0.621. The second-order valence-corrected chi connectivity index (χ2v) is 6.60. The molecule has 1 N–H and O–H groups in total. The van der Waals surface area contributed by atoms with E-state index in [1.807, 2.05) is 36.4 Å². The fraction of sp³-hybridized carbons (Fsp3) is 0.176. The van der Waals surface area contributed by atoms with Crippen molar-refractivity contribution in [3.63, 3.8) is 0 Å². The lowest BCUT2D eigenvalue weighted by Gasteiger charge is -2.06. The molecule has 6 heteroatoms. The van der Waals surface area contributed by atoms with Crippen LogP contribution in [-0.2, 0) is 11.3 Å². The number of nitrogens with zero attached hydrogens (tertiary/aromatic N) is 1. The van der Waals surface area contributed by atoms with E-state index in [2.05, 4.69) is 5.32 Å². The van der Waals surface area contributed by atoms with Gasteiger partial charge in [-0.1, -0.05) is 47.4 Å². The van der Waals surface area contributed by atoms with Gasteiger partial charge < -0.3 is 5.32 Å². The number of halogens is 1. The van der Waals surface area contributed by atoms with Crippen LogP contribution in [0.1, 0.15) is 12.8 Å². The van der Waals surface area contributed by atoms with E-state index in [1.165, 1.54) is 11.5 Å². The highest BCUT2D eigenvalue weighted by molar-refractivity contribution is 7.13. The molecule has 1 heterocycles. The van der Waals surface area contributed by atoms with Gasteiger partial charge in [-0.3, -0.25) is 13.5 Å². The summed E-state index contributed by atoms with van der Waals surface area (Å²) >= 11 is 7.44. The number of rotatable bonds is 5. The average molecular weight is 347 g/mol. The molecule has 2 aromatic carbocycles. The Bertz CT molecular complexity index is 901. The van der Waals surface area contributed by atoms with Crippen molar-refractivity contribution in [3.05, 3.63) is 63.9 Å². The van der Waals surface area contributed by atoms with Gasteiger partial charge in [0, 0.05) is 13.0 Å². The fourth-order valence-electron chi connectivity index (χ4n) is 2.32. The number of fused-ring (bicyclic) bond motifs is 1. The molecule has 0 atom stereocenters. The van der Waals surface area contributed by atoms with Gasteiger partial charge in [0.2, 0.25) is 5.91 Å². The van der Waals surface area contributed by atoms with Crippen molar-refractivity contribution in [1.82, 2.24) is 3.96 Å². The molecule has 23 heavy (non-hydrogen) atoms. The lowest BCUT2D eigenvalue weighted by atomic mass is 10.2. The van der Waals surface area contributed by atoms with Gasteiger partial charge in [0.15, 0.2) is 0 Å². The van der Waals surface area contributed by atoms with Crippen LogP contribution in [0.2, 0.25) is 5.02 Å². The molecule has 0 unspecified atom stereocenters. The predicted molar refractivity (Wildman–Crippen MR) is 95.4 cm³/mol. The molecule has 0 bridgehead atoms. The Labute approximate surface area is 142 Å². The molecule has 3 rings (SSSR count). The molecule has 0 aliphatic heterocycles. The quantitative estimate of drug-likeness (QED) is 0.755. The molecular formula is C17H15ClN2O2S. The minimum absolute atomic E-state index is 0.0112. The molecule has 1 amide bonds. The van der Waals surface area contributed by atoms with Crippen LogP contribution in [0, 0.1) is 0 Å². The molecule has 0 saturated heterocycles. The third kappa shape index (κ3) is 3.63. The van der Waals surface area contributed by atoms with E-state index in [-0.39, 0.29) is 11.5 Å². The maximum Gasteiger partial charge on any atom is 0.268 e. The summed E-state index contributed by atoms with van der Waals surface area (Å²) in [5.74, 6) is -0.104. The van der Waals surface area contributed by atoms with Crippen molar-refractivity contribution in [2.75, 3.05) is 5.32 Å². The first-order valence-electron chi connectivity index (χ1n) is 7.28. The Morgan fingerprint density at radius 2 is 1.87 bits per heavy atom. The van der Waals surface area contributed by atoms with Crippen LogP contribution < -0.4 is 10.9 Å². The van der Waals surface area contributed by atoms with E-state index in [1.54, 1.807) is 16.1 Å². The second-order valence-electron chi connectivity index (χ2n) is 5.13. The van der Waals surface area contributed by atoms with E-state index in [4.69, 9.17) is 11.6 Å². The van der Waals surface area contributed by atoms with Gasteiger partial charge in [0.1, 0.15) is 0 Å². The fourth-order valence-corrected chi connectivity index (χ4v) is 3.54. The van der Waals surface area contributed by atoms with Gasteiger partial charge in [-0.25, -0.2) is 0 Å². The largest absolute Gasteiger partial charge is 0.325 e. The van der Waals surface area contributed by atoms with E-state index in [0.717, 1.165) is 10.1 Å². The standard InChI is InChI=1S/C17H15ClN2O2S/c18-13-7-2-3-8-14(13)19-16(21)10-5-11-20-17(22)12-6-1-4-9-15(12)23-20/h1-4,6-9H,5,10-11H2,(H,19,21). The summed E-state index contributed by atoms with van der Waals surface area (Å²) in [4.78, 5) is 24.2. The number of anilines is 1.